The summed E-state index contributed by atoms with van der Waals surface area (Å²) in [6, 6.07) is 1.08. The van der Waals surface area contributed by atoms with E-state index in [4.69, 9.17) is 0 Å². The van der Waals surface area contributed by atoms with Crippen LogP contribution in [0.5, 0.6) is 5.88 Å². The molecule has 0 aliphatic rings. The number of aromatic nitrogens is 2. The summed E-state index contributed by atoms with van der Waals surface area (Å²) in [6.45, 7) is 0. The maximum atomic E-state index is 11.6. The van der Waals surface area contributed by atoms with Crippen LogP contribution in [0.25, 0.3) is 20.4 Å². The van der Waals surface area contributed by atoms with E-state index in [-0.39, 0.29) is 40.9 Å². The van der Waals surface area contributed by atoms with Crippen LogP contribution in [-0.2, 0) is 0 Å². The van der Waals surface area contributed by atoms with E-state index in [1.807, 2.05) is 6.26 Å². The van der Waals surface area contributed by atoms with E-state index in [0.29, 0.717) is 10.2 Å². The molecule has 0 bridgehead atoms. The Morgan fingerprint density at radius 3 is 3.00 bits per heavy atom. The number of rotatable bonds is 1. The maximum Gasteiger partial charge on any atom is 1.00 e. The Balaban J connectivity index is 0.00000108. The molecule has 0 aliphatic heterocycles. The van der Waals surface area contributed by atoms with Gasteiger partial charge in [0.1, 0.15) is 9.53 Å². The van der Waals surface area contributed by atoms with Crippen LogP contribution in [0.4, 0.5) is 0 Å². The normalized spacial score (nSPS) is 10.9. The fourth-order valence-corrected chi connectivity index (χ4v) is 4.24. The largest absolute Gasteiger partial charge is 1.00 e. The molecule has 0 amide bonds. The van der Waals surface area contributed by atoms with Gasteiger partial charge in [0.25, 0.3) is 0 Å². The fourth-order valence-electron chi connectivity index (χ4n) is 1.58. The third-order valence-electron chi connectivity index (χ3n) is 2.22. The molecule has 0 radical (unpaired) electrons. The standard InChI is InChI=1S/C9H6N2O2S3.Na/c1-14-9-5-6-7(15-8(5)11-16-9)3(12)2-4(13)10-6;/h2H,1H3,(H2,10,12,13);/q;+1/p-1. The molecule has 0 saturated heterocycles. The van der Waals surface area contributed by atoms with Crippen LogP contribution in [0, 0.1) is 0 Å². The molecule has 3 heterocycles. The maximum absolute atomic E-state index is 11.6. The summed E-state index contributed by atoms with van der Waals surface area (Å²) in [5.41, 5.74) is 0.411. The average molecular weight is 292 g/mol. The molecule has 0 unspecified atom stereocenters. The second-order valence-corrected chi connectivity index (χ2v) is 6.01. The van der Waals surface area contributed by atoms with E-state index in [9.17, 15) is 9.90 Å². The van der Waals surface area contributed by atoms with Gasteiger partial charge in [-0.1, -0.05) is 0 Å². The van der Waals surface area contributed by atoms with E-state index in [0.717, 1.165) is 20.5 Å². The first kappa shape index (κ1) is 13.4. The van der Waals surface area contributed by atoms with Crippen molar-refractivity contribution in [2.24, 2.45) is 0 Å². The number of hydrogen-bond acceptors (Lipinski definition) is 6. The smallest absolute Gasteiger partial charge is 0.860 e. The zero-order valence-electron chi connectivity index (χ0n) is 9.07. The number of hydrogen-bond donors (Lipinski definition) is 1. The third-order valence-corrected chi connectivity index (χ3v) is 5.38. The summed E-state index contributed by atoms with van der Waals surface area (Å²) >= 11 is 4.31. The minimum atomic E-state index is -0.351. The van der Waals surface area contributed by atoms with Gasteiger partial charge in [-0.2, -0.15) is 4.37 Å². The first-order chi connectivity index (χ1) is 7.70. The molecule has 0 spiro atoms. The molecule has 1 N–H and O–H groups in total. The van der Waals surface area contributed by atoms with E-state index in [2.05, 4.69) is 9.36 Å². The van der Waals surface area contributed by atoms with Crippen molar-refractivity contribution in [3.63, 3.8) is 0 Å². The molecule has 3 rings (SSSR count). The number of thiophene rings is 1. The second-order valence-electron chi connectivity index (χ2n) is 3.16. The van der Waals surface area contributed by atoms with Gasteiger partial charge in [-0.05, 0) is 29.7 Å². The van der Waals surface area contributed by atoms with Gasteiger partial charge in [-0.3, -0.25) is 4.79 Å². The van der Waals surface area contributed by atoms with Crippen molar-refractivity contribution in [1.82, 2.24) is 9.36 Å². The van der Waals surface area contributed by atoms with Gasteiger partial charge < -0.3 is 10.1 Å². The Morgan fingerprint density at radius 2 is 2.29 bits per heavy atom. The molecule has 82 valence electrons. The van der Waals surface area contributed by atoms with E-state index < -0.39 is 0 Å². The number of nitrogens with one attached hydrogen (secondary N) is 1. The first-order valence-corrected chi connectivity index (χ1v) is 7.18. The van der Waals surface area contributed by atoms with Crippen LogP contribution in [0.3, 0.4) is 0 Å². The van der Waals surface area contributed by atoms with Gasteiger partial charge in [0.15, 0.2) is 5.43 Å². The molecular formula is C9H5N2NaO2S3. The van der Waals surface area contributed by atoms with Gasteiger partial charge in [-0.25, -0.2) is 0 Å². The Kier molecular flexibility index (Phi) is 3.86. The van der Waals surface area contributed by atoms with Crippen molar-refractivity contribution in [1.29, 1.82) is 0 Å². The summed E-state index contributed by atoms with van der Waals surface area (Å²) in [4.78, 5) is 15.2. The summed E-state index contributed by atoms with van der Waals surface area (Å²) in [5.74, 6) is -0.351. The molecule has 17 heavy (non-hydrogen) atoms. The van der Waals surface area contributed by atoms with Crippen LogP contribution in [0.1, 0.15) is 0 Å². The Hall–Kier alpha value is -0.0500. The van der Waals surface area contributed by atoms with Crippen molar-refractivity contribution in [2.75, 3.05) is 6.26 Å². The molecule has 4 nitrogen and oxygen atoms in total. The Morgan fingerprint density at radius 1 is 1.53 bits per heavy atom. The monoisotopic (exact) mass is 292 g/mol. The number of aromatic amines is 1. The van der Waals surface area contributed by atoms with Crippen molar-refractivity contribution in [3.8, 4) is 5.88 Å². The molecule has 0 aromatic carbocycles. The summed E-state index contributed by atoms with van der Waals surface area (Å²) in [5, 5.41) is 12.2. The van der Waals surface area contributed by atoms with Gasteiger partial charge in [0.2, 0.25) is 0 Å². The molecule has 0 saturated carbocycles. The van der Waals surface area contributed by atoms with Crippen LogP contribution < -0.4 is 40.1 Å². The molecule has 0 atom stereocenters. The molecule has 3 aromatic heterocycles. The third kappa shape index (κ3) is 2.05. The van der Waals surface area contributed by atoms with Crippen LogP contribution in [-0.4, -0.2) is 15.6 Å². The van der Waals surface area contributed by atoms with Gasteiger partial charge in [-0.15, -0.1) is 23.1 Å². The number of thioether (sulfide) groups is 1. The Bertz CT molecular complexity index is 746. The minimum Gasteiger partial charge on any atom is -0.860 e. The topological polar surface area (TPSA) is 68.8 Å². The van der Waals surface area contributed by atoms with Gasteiger partial charge in [0.05, 0.1) is 15.1 Å². The average Bonchev–Trinajstić information content (AvgIpc) is 2.77. The predicted molar refractivity (Wildman–Crippen MR) is 66.9 cm³/mol. The SMILES string of the molecule is CSc1snc2sc3c(=O)cc([O-])[nH]c3c12.[Na+]. The van der Waals surface area contributed by atoms with Crippen molar-refractivity contribution < 1.29 is 34.7 Å². The molecular weight excluding hydrogens is 287 g/mol. The van der Waals surface area contributed by atoms with Gasteiger partial charge in [0, 0.05) is 0 Å². The van der Waals surface area contributed by atoms with Crippen molar-refractivity contribution >= 4 is 55.1 Å². The van der Waals surface area contributed by atoms with Crippen LogP contribution in [0.2, 0.25) is 0 Å². The van der Waals surface area contributed by atoms with Crippen molar-refractivity contribution in [3.05, 3.63) is 16.3 Å². The van der Waals surface area contributed by atoms with Crippen LogP contribution in [0.15, 0.2) is 15.1 Å². The summed E-state index contributed by atoms with van der Waals surface area (Å²) < 4.78 is 5.89. The minimum absolute atomic E-state index is 0. The summed E-state index contributed by atoms with van der Waals surface area (Å²) in [6.07, 6.45) is 1.95. The molecule has 3 aromatic rings. The number of H-pyrrole nitrogens is 1. The molecule has 8 heteroatoms. The zero-order valence-corrected chi connectivity index (χ0v) is 13.5. The number of fused-ring (bicyclic) bond motifs is 3. The molecule has 0 fully saturated rings. The fraction of sp³-hybridized carbons (Fsp3) is 0.111. The zero-order chi connectivity index (χ0) is 11.3. The Labute approximate surface area is 131 Å². The van der Waals surface area contributed by atoms with E-state index in [1.54, 1.807) is 11.8 Å². The van der Waals surface area contributed by atoms with Crippen LogP contribution >= 0.6 is 34.6 Å². The number of pyridine rings is 1. The number of nitrogens with zero attached hydrogens (tertiary/aromatic N) is 1. The van der Waals surface area contributed by atoms with Crippen molar-refractivity contribution in [2.45, 2.75) is 4.21 Å². The van der Waals surface area contributed by atoms with E-state index >= 15 is 0 Å². The summed E-state index contributed by atoms with van der Waals surface area (Å²) in [7, 11) is 0. The van der Waals surface area contributed by atoms with E-state index in [1.165, 1.54) is 22.9 Å². The quantitative estimate of drug-likeness (QED) is 0.461. The molecule has 0 aliphatic carbocycles. The van der Waals surface area contributed by atoms with Gasteiger partial charge >= 0.3 is 29.6 Å². The second kappa shape index (κ2) is 4.91. The first-order valence-electron chi connectivity index (χ1n) is 4.37. The predicted octanol–water partition coefficient (Wildman–Crippen LogP) is -1.00.